The van der Waals surface area contributed by atoms with Crippen LogP contribution in [0.1, 0.15) is 48.0 Å². The molecule has 7 N–H and O–H groups in total. The van der Waals surface area contributed by atoms with Crippen molar-refractivity contribution in [2.75, 3.05) is 18.1 Å². The number of ether oxygens (including phenoxy) is 1. The van der Waals surface area contributed by atoms with Crippen LogP contribution >= 0.6 is 0 Å². The van der Waals surface area contributed by atoms with E-state index in [9.17, 15) is 26.3 Å². The first-order chi connectivity index (χ1) is 23.8. The highest BCUT2D eigenvalue weighted by atomic mass is 19.4. The summed E-state index contributed by atoms with van der Waals surface area (Å²) in [6, 6.07) is 19.1. The van der Waals surface area contributed by atoms with E-state index in [2.05, 4.69) is 11.1 Å². The molecule has 2 aromatic heterocycles. The predicted molar refractivity (Wildman–Crippen MR) is 175 cm³/mol. The number of H-pyrrole nitrogens is 1. The number of carboxylic acid groups (broad SMARTS) is 2. The molecule has 1 atom stereocenters. The third kappa shape index (κ3) is 10.3. The molecule has 0 saturated carbocycles. The van der Waals surface area contributed by atoms with E-state index < -0.39 is 36.0 Å². The molecule has 0 aliphatic rings. The molecule has 0 radical (unpaired) electrons. The van der Waals surface area contributed by atoms with Crippen LogP contribution < -0.4 is 16.2 Å². The van der Waals surface area contributed by atoms with Gasteiger partial charge in [0, 0.05) is 28.4 Å². The summed E-state index contributed by atoms with van der Waals surface area (Å²) >= 11 is 0. The van der Waals surface area contributed by atoms with Crippen molar-refractivity contribution in [1.82, 2.24) is 15.0 Å². The van der Waals surface area contributed by atoms with Crippen molar-refractivity contribution in [1.29, 1.82) is 0 Å². The summed E-state index contributed by atoms with van der Waals surface area (Å²) in [5.41, 5.74) is 17.9. The number of benzene rings is 3. The maximum absolute atomic E-state index is 16.0. The predicted octanol–water partition coefficient (Wildman–Crippen LogP) is 7.64. The number of nitrogens with two attached hydrogens (primary N) is 2. The molecule has 272 valence electrons. The second-order valence-corrected chi connectivity index (χ2v) is 10.8. The van der Waals surface area contributed by atoms with Crippen molar-refractivity contribution < 1.29 is 55.3 Å². The SMILES string of the molecule is CCOc1cc(CC)cc(C(c2cc3cc(N)ccc3c(N)n2)c2nc(-c3cccc(C)c3)c[nH]2)c1F.O=C(O)C(F)(F)F.O=C(O)C(F)(F)F. The Kier molecular flexibility index (Phi) is 12.6. The number of carboxylic acids is 2. The lowest BCUT2D eigenvalue weighted by Crippen LogP contribution is -2.21. The van der Waals surface area contributed by atoms with Gasteiger partial charge in [-0.3, -0.25) is 0 Å². The Hall–Kier alpha value is -5.87. The first kappa shape index (κ1) is 39.6. The Morgan fingerprint density at radius 2 is 1.53 bits per heavy atom. The molecule has 17 heteroatoms. The summed E-state index contributed by atoms with van der Waals surface area (Å²) in [7, 11) is 0. The van der Waals surface area contributed by atoms with Crippen LogP contribution in [-0.2, 0) is 16.0 Å². The molecule has 0 aliphatic heterocycles. The second kappa shape index (κ2) is 16.2. The average molecular weight is 724 g/mol. The summed E-state index contributed by atoms with van der Waals surface area (Å²) in [4.78, 5) is 30.7. The van der Waals surface area contributed by atoms with E-state index in [0.29, 0.717) is 35.2 Å². The fourth-order valence-corrected chi connectivity index (χ4v) is 4.71. The molecule has 2 heterocycles. The summed E-state index contributed by atoms with van der Waals surface area (Å²) < 4.78 is 85.2. The third-order valence-electron chi connectivity index (χ3n) is 7.02. The Morgan fingerprint density at radius 3 is 2.08 bits per heavy atom. The fourth-order valence-electron chi connectivity index (χ4n) is 4.71. The number of halogens is 7. The quantitative estimate of drug-likeness (QED) is 0.0834. The van der Waals surface area contributed by atoms with Crippen molar-refractivity contribution in [2.45, 2.75) is 45.5 Å². The van der Waals surface area contributed by atoms with E-state index >= 15 is 4.39 Å². The maximum Gasteiger partial charge on any atom is 0.490 e. The van der Waals surface area contributed by atoms with Crippen molar-refractivity contribution in [3.8, 4) is 17.0 Å². The zero-order valence-electron chi connectivity index (χ0n) is 27.2. The van der Waals surface area contributed by atoms with Crippen LogP contribution in [0.25, 0.3) is 22.0 Å². The first-order valence-electron chi connectivity index (χ1n) is 14.9. The molecule has 0 amide bonds. The minimum absolute atomic E-state index is 0.213. The highest BCUT2D eigenvalue weighted by Gasteiger charge is 2.39. The lowest BCUT2D eigenvalue weighted by atomic mass is 9.90. The van der Waals surface area contributed by atoms with Crippen LogP contribution in [0.5, 0.6) is 5.75 Å². The lowest BCUT2D eigenvalue weighted by Gasteiger charge is -2.20. The van der Waals surface area contributed by atoms with Gasteiger partial charge in [-0.25, -0.2) is 23.9 Å². The molecule has 0 bridgehead atoms. The summed E-state index contributed by atoms with van der Waals surface area (Å²) in [5, 5.41) is 15.9. The Bertz CT molecular complexity index is 1990. The number of aliphatic carboxylic acids is 2. The number of pyridine rings is 1. The minimum Gasteiger partial charge on any atom is -0.491 e. The largest absolute Gasteiger partial charge is 0.491 e. The molecule has 0 aliphatic carbocycles. The van der Waals surface area contributed by atoms with Gasteiger partial charge < -0.3 is 31.4 Å². The first-order valence-corrected chi connectivity index (χ1v) is 14.9. The number of hydrogen-bond acceptors (Lipinski definition) is 7. The molecule has 0 spiro atoms. The maximum atomic E-state index is 16.0. The van der Waals surface area contributed by atoms with Crippen LogP contribution in [0.2, 0.25) is 0 Å². The number of aryl methyl sites for hydroxylation is 2. The summed E-state index contributed by atoms with van der Waals surface area (Å²) in [6.45, 7) is 6.26. The van der Waals surface area contributed by atoms with E-state index in [0.717, 1.165) is 39.6 Å². The van der Waals surface area contributed by atoms with Gasteiger partial charge >= 0.3 is 24.3 Å². The second-order valence-electron chi connectivity index (χ2n) is 10.8. The molecular weight excluding hydrogens is 691 g/mol. The van der Waals surface area contributed by atoms with E-state index in [1.165, 1.54) is 0 Å². The molecule has 1 unspecified atom stereocenters. The van der Waals surface area contributed by atoms with E-state index in [1.54, 1.807) is 12.1 Å². The van der Waals surface area contributed by atoms with Gasteiger partial charge in [0.25, 0.3) is 0 Å². The normalized spacial score (nSPS) is 11.9. The van der Waals surface area contributed by atoms with E-state index in [-0.39, 0.29) is 5.75 Å². The van der Waals surface area contributed by atoms with Crippen molar-refractivity contribution in [2.24, 2.45) is 0 Å². The highest BCUT2D eigenvalue weighted by Crippen LogP contribution is 2.38. The monoisotopic (exact) mass is 723 g/mol. The van der Waals surface area contributed by atoms with Gasteiger partial charge in [-0.05, 0) is 67.6 Å². The Labute approximate surface area is 285 Å². The number of nitrogens with one attached hydrogen (secondary N) is 1. The van der Waals surface area contributed by atoms with Gasteiger partial charge in [0.2, 0.25) is 0 Å². The van der Waals surface area contributed by atoms with Crippen molar-refractivity contribution in [3.05, 3.63) is 101 Å². The van der Waals surface area contributed by atoms with Gasteiger partial charge in [0.15, 0.2) is 11.6 Å². The number of alkyl halides is 6. The van der Waals surface area contributed by atoms with Crippen LogP contribution in [-0.4, -0.2) is 56.1 Å². The van der Waals surface area contributed by atoms with E-state index in [1.807, 2.05) is 69.4 Å². The van der Waals surface area contributed by atoms with Gasteiger partial charge in [-0.15, -0.1) is 0 Å². The van der Waals surface area contributed by atoms with Gasteiger partial charge in [-0.2, -0.15) is 26.3 Å². The van der Waals surface area contributed by atoms with Gasteiger partial charge in [0.1, 0.15) is 11.6 Å². The van der Waals surface area contributed by atoms with E-state index in [4.69, 9.17) is 46.0 Å². The zero-order chi connectivity index (χ0) is 38.3. The van der Waals surface area contributed by atoms with Crippen LogP contribution in [0.4, 0.5) is 42.2 Å². The minimum atomic E-state index is -5.08. The van der Waals surface area contributed by atoms with Crippen molar-refractivity contribution in [3.63, 3.8) is 0 Å². The lowest BCUT2D eigenvalue weighted by molar-refractivity contribution is -0.193. The van der Waals surface area contributed by atoms with Gasteiger partial charge in [0.05, 0.1) is 23.9 Å². The number of fused-ring (bicyclic) bond motifs is 1. The molecule has 5 rings (SSSR count). The smallest absolute Gasteiger partial charge is 0.490 e. The molecule has 3 aromatic carbocycles. The number of hydrogen-bond donors (Lipinski definition) is 5. The number of aromatic nitrogens is 3. The molecular formula is C34H32F7N5O5. The van der Waals surface area contributed by atoms with Crippen LogP contribution in [0.15, 0.2) is 66.9 Å². The van der Waals surface area contributed by atoms with Crippen LogP contribution in [0.3, 0.4) is 0 Å². The van der Waals surface area contributed by atoms with Crippen molar-refractivity contribution >= 4 is 34.2 Å². The molecule has 10 nitrogen and oxygen atoms in total. The topological polar surface area (TPSA) is 177 Å². The molecule has 0 fully saturated rings. The number of nitrogens with zero attached hydrogens (tertiary/aromatic N) is 2. The third-order valence-corrected chi connectivity index (χ3v) is 7.02. The number of carbonyl (C=O) groups is 2. The van der Waals surface area contributed by atoms with Gasteiger partial charge in [-0.1, -0.05) is 36.8 Å². The Balaban J connectivity index is 0.000000424. The molecule has 5 aromatic rings. The standard InChI is InChI=1S/C30H30FN5O.2C2HF3O2/c1-4-18-12-23(28(31)26(13-18)37-5-2)27(24-15-20-14-21(32)9-10-22(20)29(33)35-24)30-34-16-25(36-30)19-8-6-7-17(3)11-19;2*3-2(4,5)1(6)7/h6-16,27H,4-5,32H2,1-3H3,(H2,33,35)(H,34,36);2*(H,6,7). The number of imidazole rings is 1. The number of nitrogen functional groups attached to an aromatic ring is 2. The number of anilines is 2. The highest BCUT2D eigenvalue weighted by molar-refractivity contribution is 5.93. The molecule has 0 saturated heterocycles. The summed E-state index contributed by atoms with van der Waals surface area (Å²) in [5.74, 6) is -5.49. The molecule has 51 heavy (non-hydrogen) atoms. The zero-order valence-corrected chi connectivity index (χ0v) is 27.2. The number of aromatic amines is 1. The van der Waals surface area contributed by atoms with Crippen LogP contribution in [0, 0.1) is 12.7 Å². The summed E-state index contributed by atoms with van der Waals surface area (Å²) in [6.07, 6.45) is -7.61. The average Bonchev–Trinajstić information content (AvgIpc) is 3.52. The Morgan fingerprint density at radius 1 is 0.902 bits per heavy atom. The fraction of sp³-hybridized carbons (Fsp3) is 0.235. The number of rotatable bonds is 7.